The Kier molecular flexibility index (Phi) is 9.14. The van der Waals surface area contributed by atoms with Crippen molar-refractivity contribution in [3.63, 3.8) is 0 Å². The van der Waals surface area contributed by atoms with Crippen LogP contribution in [0.5, 0.6) is 0 Å². The SMILES string of the molecule is CNC(=O)CCCCCCNC(=O)c1ccc(N(c2ncccn2)c2c(C)cccc2C)cc1. The number of rotatable bonds is 11. The molecule has 0 saturated carbocycles. The lowest BCUT2D eigenvalue weighted by molar-refractivity contribution is -0.120. The lowest BCUT2D eigenvalue weighted by atomic mass is 10.1. The molecule has 34 heavy (non-hydrogen) atoms. The van der Waals surface area contributed by atoms with Crippen LogP contribution in [-0.2, 0) is 4.79 Å². The molecule has 0 saturated heterocycles. The Balaban J connectivity index is 1.64. The van der Waals surface area contributed by atoms with Gasteiger partial charge in [-0.3, -0.25) is 14.5 Å². The van der Waals surface area contributed by atoms with Crippen molar-refractivity contribution in [2.75, 3.05) is 18.5 Å². The van der Waals surface area contributed by atoms with Gasteiger partial charge in [0.15, 0.2) is 0 Å². The fraction of sp³-hybridized carbons (Fsp3) is 0.333. The molecule has 0 fully saturated rings. The molecule has 3 rings (SSSR count). The first-order valence-electron chi connectivity index (χ1n) is 11.7. The Morgan fingerprint density at radius 1 is 0.853 bits per heavy atom. The summed E-state index contributed by atoms with van der Waals surface area (Å²) in [5.74, 6) is 0.562. The van der Waals surface area contributed by atoms with Crippen LogP contribution < -0.4 is 15.5 Å². The van der Waals surface area contributed by atoms with Gasteiger partial charge in [-0.2, -0.15) is 0 Å². The minimum atomic E-state index is -0.0912. The highest BCUT2D eigenvalue weighted by molar-refractivity contribution is 5.94. The van der Waals surface area contributed by atoms with Crippen molar-refractivity contribution in [3.8, 4) is 0 Å². The molecule has 7 nitrogen and oxygen atoms in total. The number of nitrogens with one attached hydrogen (secondary N) is 2. The number of benzene rings is 2. The molecule has 178 valence electrons. The van der Waals surface area contributed by atoms with Gasteiger partial charge in [0, 0.05) is 43.7 Å². The smallest absolute Gasteiger partial charge is 0.251 e. The number of carbonyl (C=O) groups excluding carboxylic acids is 2. The molecule has 2 amide bonds. The summed E-state index contributed by atoms with van der Waals surface area (Å²) in [6.07, 6.45) is 7.74. The summed E-state index contributed by atoms with van der Waals surface area (Å²) in [7, 11) is 1.65. The van der Waals surface area contributed by atoms with Crippen LogP contribution in [0.1, 0.15) is 53.6 Å². The second kappa shape index (κ2) is 12.5. The molecular weight excluding hydrogens is 426 g/mol. The van der Waals surface area contributed by atoms with Gasteiger partial charge in [0.25, 0.3) is 5.91 Å². The lowest BCUT2D eigenvalue weighted by Gasteiger charge is -2.26. The Bertz CT molecular complexity index is 1060. The molecule has 0 aliphatic heterocycles. The summed E-state index contributed by atoms with van der Waals surface area (Å²) in [6, 6.07) is 15.5. The number of amides is 2. The number of nitrogens with zero attached hydrogens (tertiary/aromatic N) is 3. The van der Waals surface area contributed by atoms with Gasteiger partial charge in [0.2, 0.25) is 11.9 Å². The van der Waals surface area contributed by atoms with Crippen molar-refractivity contribution in [2.45, 2.75) is 46.0 Å². The van der Waals surface area contributed by atoms with Crippen LogP contribution >= 0.6 is 0 Å². The predicted molar refractivity (Wildman–Crippen MR) is 136 cm³/mol. The quantitative estimate of drug-likeness (QED) is 0.395. The first-order chi connectivity index (χ1) is 16.5. The molecule has 2 aromatic carbocycles. The maximum absolute atomic E-state index is 12.6. The Morgan fingerprint density at radius 3 is 2.15 bits per heavy atom. The highest BCUT2D eigenvalue weighted by Gasteiger charge is 2.19. The number of unbranched alkanes of at least 4 members (excludes halogenated alkanes) is 3. The minimum Gasteiger partial charge on any atom is -0.359 e. The maximum Gasteiger partial charge on any atom is 0.251 e. The Morgan fingerprint density at radius 2 is 1.50 bits per heavy atom. The molecule has 0 spiro atoms. The van der Waals surface area contributed by atoms with E-state index in [1.54, 1.807) is 25.5 Å². The molecule has 1 heterocycles. The van der Waals surface area contributed by atoms with Gasteiger partial charge in [0.1, 0.15) is 0 Å². The molecule has 0 atom stereocenters. The predicted octanol–water partition coefficient (Wildman–Crippen LogP) is 4.99. The lowest BCUT2D eigenvalue weighted by Crippen LogP contribution is -2.24. The van der Waals surface area contributed by atoms with Crippen molar-refractivity contribution in [1.82, 2.24) is 20.6 Å². The molecule has 0 aliphatic carbocycles. The molecule has 2 N–H and O–H groups in total. The normalized spacial score (nSPS) is 10.6. The van der Waals surface area contributed by atoms with Crippen LogP contribution in [0, 0.1) is 13.8 Å². The fourth-order valence-electron chi connectivity index (χ4n) is 3.86. The number of anilines is 3. The number of hydrogen-bond donors (Lipinski definition) is 2. The van der Waals surface area contributed by atoms with E-state index in [2.05, 4.69) is 46.6 Å². The Labute approximate surface area is 201 Å². The van der Waals surface area contributed by atoms with Crippen LogP contribution in [0.4, 0.5) is 17.3 Å². The summed E-state index contributed by atoms with van der Waals surface area (Å²) < 4.78 is 0. The van der Waals surface area contributed by atoms with Crippen molar-refractivity contribution in [3.05, 3.63) is 77.6 Å². The highest BCUT2D eigenvalue weighted by atomic mass is 16.2. The second-order valence-electron chi connectivity index (χ2n) is 8.26. The number of hydrogen-bond acceptors (Lipinski definition) is 5. The van der Waals surface area contributed by atoms with Crippen molar-refractivity contribution in [2.24, 2.45) is 0 Å². The van der Waals surface area contributed by atoms with Crippen molar-refractivity contribution >= 4 is 29.1 Å². The summed E-state index contributed by atoms with van der Waals surface area (Å²) >= 11 is 0. The average Bonchev–Trinajstić information content (AvgIpc) is 2.86. The van der Waals surface area contributed by atoms with E-state index in [0.717, 1.165) is 48.2 Å². The fourth-order valence-corrected chi connectivity index (χ4v) is 3.86. The molecule has 0 radical (unpaired) electrons. The third-order valence-electron chi connectivity index (χ3n) is 5.70. The standard InChI is InChI=1S/C27H33N5O2/c1-20-10-8-11-21(2)25(20)32(27-30-18-9-19-31-27)23-15-13-22(14-16-23)26(34)29-17-7-5-4-6-12-24(33)28-3/h8-11,13-16,18-19H,4-7,12,17H2,1-3H3,(H,28,33)(H,29,34). The number of carbonyl (C=O) groups is 2. The molecule has 0 bridgehead atoms. The van der Waals surface area contributed by atoms with Gasteiger partial charge >= 0.3 is 0 Å². The number of para-hydroxylation sites is 1. The van der Waals surface area contributed by atoms with Crippen LogP contribution in [0.25, 0.3) is 0 Å². The second-order valence-corrected chi connectivity index (χ2v) is 8.26. The van der Waals surface area contributed by atoms with E-state index in [0.29, 0.717) is 24.5 Å². The third-order valence-corrected chi connectivity index (χ3v) is 5.70. The van der Waals surface area contributed by atoms with E-state index in [4.69, 9.17) is 0 Å². The van der Waals surface area contributed by atoms with Crippen LogP contribution in [0.3, 0.4) is 0 Å². The van der Waals surface area contributed by atoms with Gasteiger partial charge in [-0.25, -0.2) is 9.97 Å². The highest BCUT2D eigenvalue weighted by Crippen LogP contribution is 2.36. The van der Waals surface area contributed by atoms with E-state index in [9.17, 15) is 9.59 Å². The number of aryl methyl sites for hydroxylation is 2. The topological polar surface area (TPSA) is 87.2 Å². The van der Waals surface area contributed by atoms with Gasteiger partial charge in [-0.1, -0.05) is 31.0 Å². The van der Waals surface area contributed by atoms with Gasteiger partial charge < -0.3 is 10.6 Å². The van der Waals surface area contributed by atoms with Crippen LogP contribution in [0.2, 0.25) is 0 Å². The minimum absolute atomic E-state index is 0.0757. The Hall–Kier alpha value is -3.74. The van der Waals surface area contributed by atoms with E-state index < -0.39 is 0 Å². The average molecular weight is 460 g/mol. The first-order valence-corrected chi connectivity index (χ1v) is 11.7. The zero-order valence-corrected chi connectivity index (χ0v) is 20.2. The van der Waals surface area contributed by atoms with Crippen molar-refractivity contribution < 1.29 is 9.59 Å². The number of aromatic nitrogens is 2. The summed E-state index contributed by atoms with van der Waals surface area (Å²) in [6.45, 7) is 4.75. The monoisotopic (exact) mass is 459 g/mol. The molecular formula is C27H33N5O2. The van der Waals surface area contributed by atoms with E-state index in [1.165, 1.54) is 0 Å². The zero-order chi connectivity index (χ0) is 24.3. The zero-order valence-electron chi connectivity index (χ0n) is 20.2. The molecule has 1 aromatic heterocycles. The summed E-state index contributed by atoms with van der Waals surface area (Å²) in [4.78, 5) is 34.8. The summed E-state index contributed by atoms with van der Waals surface area (Å²) in [5, 5.41) is 5.61. The first kappa shape index (κ1) is 24.9. The maximum atomic E-state index is 12.6. The van der Waals surface area contributed by atoms with Gasteiger partial charge in [-0.05, 0) is 68.1 Å². The third kappa shape index (κ3) is 6.63. The molecule has 0 aliphatic rings. The van der Waals surface area contributed by atoms with E-state index in [-0.39, 0.29) is 11.8 Å². The van der Waals surface area contributed by atoms with Crippen LogP contribution in [-0.4, -0.2) is 35.4 Å². The van der Waals surface area contributed by atoms with Gasteiger partial charge in [-0.15, -0.1) is 0 Å². The van der Waals surface area contributed by atoms with Crippen LogP contribution in [0.15, 0.2) is 60.9 Å². The summed E-state index contributed by atoms with van der Waals surface area (Å²) in [5.41, 5.74) is 4.76. The van der Waals surface area contributed by atoms with Crippen molar-refractivity contribution in [1.29, 1.82) is 0 Å². The molecule has 0 unspecified atom stereocenters. The van der Waals surface area contributed by atoms with E-state index in [1.807, 2.05) is 35.2 Å². The van der Waals surface area contributed by atoms with E-state index >= 15 is 0 Å². The van der Waals surface area contributed by atoms with Gasteiger partial charge in [0.05, 0.1) is 5.69 Å². The largest absolute Gasteiger partial charge is 0.359 e. The molecule has 3 aromatic rings. The molecule has 7 heteroatoms.